The molecule has 5 rings (SSSR count). The van der Waals surface area contributed by atoms with E-state index in [1.54, 1.807) is 18.2 Å². The zero-order valence-corrected chi connectivity index (χ0v) is 18.4. The van der Waals surface area contributed by atoms with Crippen molar-refractivity contribution in [3.63, 3.8) is 0 Å². The van der Waals surface area contributed by atoms with E-state index in [1.807, 2.05) is 35.8 Å². The monoisotopic (exact) mass is 453 g/mol. The Balaban J connectivity index is 1.20. The minimum atomic E-state index is -0.120. The highest BCUT2D eigenvalue weighted by molar-refractivity contribution is 7.99. The van der Waals surface area contributed by atoms with Gasteiger partial charge in [-0.1, -0.05) is 11.8 Å². The Morgan fingerprint density at radius 3 is 2.72 bits per heavy atom. The topological polar surface area (TPSA) is 90.7 Å². The van der Waals surface area contributed by atoms with Gasteiger partial charge in [-0.2, -0.15) is 0 Å². The normalized spacial score (nSPS) is 14.2. The summed E-state index contributed by atoms with van der Waals surface area (Å²) in [7, 11) is 0. The van der Waals surface area contributed by atoms with E-state index in [2.05, 4.69) is 20.4 Å². The molecule has 0 radical (unpaired) electrons. The molecule has 3 aromatic rings. The molecule has 1 N–H and O–H groups in total. The fourth-order valence-electron chi connectivity index (χ4n) is 3.66. The number of nitrogens with one attached hydrogen (secondary N) is 1. The fraction of sp³-hybridized carbons (Fsp3) is 0.318. The Morgan fingerprint density at radius 1 is 1.09 bits per heavy atom. The molecule has 1 amide bonds. The minimum absolute atomic E-state index is 0.120. The van der Waals surface area contributed by atoms with Crippen LogP contribution in [0.1, 0.15) is 6.92 Å². The smallest absolute Gasteiger partial charge is 0.234 e. The van der Waals surface area contributed by atoms with Gasteiger partial charge in [0.25, 0.3) is 0 Å². The third-order valence-electron chi connectivity index (χ3n) is 5.10. The number of nitrogens with zero attached hydrogens (tertiary/aromatic N) is 4. The van der Waals surface area contributed by atoms with Crippen LogP contribution in [0.15, 0.2) is 47.6 Å². The third-order valence-corrected chi connectivity index (χ3v) is 6.07. The molecule has 0 fully saturated rings. The summed E-state index contributed by atoms with van der Waals surface area (Å²) in [6, 6.07) is 13.3. The lowest BCUT2D eigenvalue weighted by atomic mass is 10.2. The van der Waals surface area contributed by atoms with Crippen LogP contribution in [0.4, 0.5) is 17.3 Å². The predicted octanol–water partition coefficient (Wildman–Crippen LogP) is 3.33. The molecule has 0 bridgehead atoms. The second kappa shape index (κ2) is 8.99. The lowest BCUT2D eigenvalue weighted by molar-refractivity contribution is -0.113. The van der Waals surface area contributed by atoms with Gasteiger partial charge < -0.3 is 24.4 Å². The first-order chi connectivity index (χ1) is 15.7. The van der Waals surface area contributed by atoms with Crippen LogP contribution in [0.3, 0.4) is 0 Å². The van der Waals surface area contributed by atoms with Crippen molar-refractivity contribution in [2.24, 2.45) is 0 Å². The Morgan fingerprint density at radius 2 is 1.91 bits per heavy atom. The predicted molar refractivity (Wildman–Crippen MR) is 121 cm³/mol. The zero-order chi connectivity index (χ0) is 21.9. The number of carbonyl (C=O) groups is 1. The second-order valence-electron chi connectivity index (χ2n) is 7.21. The van der Waals surface area contributed by atoms with Gasteiger partial charge >= 0.3 is 0 Å². The first-order valence-electron chi connectivity index (χ1n) is 10.5. The fourth-order valence-corrected chi connectivity index (χ4v) is 4.42. The molecule has 0 unspecified atom stereocenters. The maximum absolute atomic E-state index is 12.5. The van der Waals surface area contributed by atoms with Crippen LogP contribution in [0.25, 0.3) is 0 Å². The van der Waals surface area contributed by atoms with Gasteiger partial charge in [-0.25, -0.2) is 0 Å². The van der Waals surface area contributed by atoms with Crippen molar-refractivity contribution >= 4 is 35.0 Å². The summed E-state index contributed by atoms with van der Waals surface area (Å²) < 4.78 is 18.6. The number of rotatable bonds is 7. The molecule has 32 heavy (non-hydrogen) atoms. The van der Waals surface area contributed by atoms with Crippen LogP contribution in [0.2, 0.25) is 0 Å². The lowest BCUT2D eigenvalue weighted by Crippen LogP contribution is -2.17. The molecule has 0 spiro atoms. The van der Waals surface area contributed by atoms with E-state index in [-0.39, 0.29) is 11.7 Å². The van der Waals surface area contributed by atoms with Gasteiger partial charge in [0.05, 0.1) is 12.4 Å². The molecule has 166 valence electrons. The maximum Gasteiger partial charge on any atom is 0.234 e. The van der Waals surface area contributed by atoms with Crippen LogP contribution < -0.4 is 24.4 Å². The number of fused-ring (bicyclic) bond motifs is 2. The maximum atomic E-state index is 12.5. The average molecular weight is 454 g/mol. The van der Waals surface area contributed by atoms with Crippen molar-refractivity contribution < 1.29 is 19.0 Å². The van der Waals surface area contributed by atoms with Crippen LogP contribution in [-0.4, -0.2) is 52.8 Å². The molecule has 0 saturated carbocycles. The third kappa shape index (κ3) is 4.18. The SMILES string of the molecule is CCOc1ccc(N2CCn3c(SCC(=O)Nc4ccc5c(c4)OCCO5)nnc32)cc1. The van der Waals surface area contributed by atoms with Crippen molar-refractivity contribution in [1.29, 1.82) is 0 Å². The van der Waals surface area contributed by atoms with Crippen LogP contribution in [0, 0.1) is 0 Å². The van der Waals surface area contributed by atoms with Gasteiger partial charge in [-0.15, -0.1) is 10.2 Å². The van der Waals surface area contributed by atoms with Gasteiger partial charge in [0.1, 0.15) is 19.0 Å². The molecule has 3 heterocycles. The standard InChI is InChI=1S/C22H23N5O4S/c1-2-29-17-6-4-16(5-7-17)26-9-10-27-21(26)24-25-22(27)32-14-20(28)23-15-3-8-18-19(13-15)31-12-11-30-18/h3-8,13H,2,9-12,14H2,1H3,(H,23,28). The first kappa shape index (κ1) is 20.5. The molecular formula is C22H23N5O4S. The number of thioether (sulfide) groups is 1. The molecule has 1 aromatic heterocycles. The summed E-state index contributed by atoms with van der Waals surface area (Å²) in [5.41, 5.74) is 1.71. The van der Waals surface area contributed by atoms with Gasteiger partial charge in [0.15, 0.2) is 16.7 Å². The van der Waals surface area contributed by atoms with E-state index in [0.717, 1.165) is 35.6 Å². The quantitative estimate of drug-likeness (QED) is 0.545. The van der Waals surface area contributed by atoms with Crippen molar-refractivity contribution in [3.8, 4) is 17.2 Å². The molecule has 2 aliphatic heterocycles. The highest BCUT2D eigenvalue weighted by Crippen LogP contribution is 2.34. The van der Waals surface area contributed by atoms with Gasteiger partial charge in [-0.05, 0) is 43.3 Å². The summed E-state index contributed by atoms with van der Waals surface area (Å²) in [5.74, 6) is 3.08. The van der Waals surface area contributed by atoms with Gasteiger partial charge in [-0.3, -0.25) is 9.36 Å². The molecular weight excluding hydrogens is 430 g/mol. The number of aromatic nitrogens is 3. The lowest BCUT2D eigenvalue weighted by Gasteiger charge is -2.18. The van der Waals surface area contributed by atoms with E-state index in [0.29, 0.717) is 37.0 Å². The van der Waals surface area contributed by atoms with Crippen LogP contribution in [-0.2, 0) is 11.3 Å². The Labute approximate surface area is 189 Å². The number of carbonyl (C=O) groups excluding carboxylic acids is 1. The Hall–Kier alpha value is -3.40. The number of amides is 1. The summed E-state index contributed by atoms with van der Waals surface area (Å²) in [6.45, 7) is 5.21. The van der Waals surface area contributed by atoms with Crippen LogP contribution >= 0.6 is 11.8 Å². The van der Waals surface area contributed by atoms with Crippen molar-refractivity contribution in [2.75, 3.05) is 42.3 Å². The van der Waals surface area contributed by atoms with Crippen molar-refractivity contribution in [3.05, 3.63) is 42.5 Å². The summed E-state index contributed by atoms with van der Waals surface area (Å²) in [4.78, 5) is 14.6. The van der Waals surface area contributed by atoms with E-state index < -0.39 is 0 Å². The molecule has 2 aromatic carbocycles. The number of benzene rings is 2. The zero-order valence-electron chi connectivity index (χ0n) is 17.6. The molecule has 10 heteroatoms. The summed E-state index contributed by atoms with van der Waals surface area (Å²) >= 11 is 1.37. The Bertz CT molecular complexity index is 1120. The molecule has 0 saturated heterocycles. The number of anilines is 3. The largest absolute Gasteiger partial charge is 0.494 e. The number of ether oxygens (including phenoxy) is 3. The van der Waals surface area contributed by atoms with E-state index in [9.17, 15) is 4.79 Å². The molecule has 0 aliphatic carbocycles. The van der Waals surface area contributed by atoms with Crippen molar-refractivity contribution in [2.45, 2.75) is 18.6 Å². The van der Waals surface area contributed by atoms with Crippen LogP contribution in [0.5, 0.6) is 17.2 Å². The molecule has 9 nitrogen and oxygen atoms in total. The van der Waals surface area contributed by atoms with Gasteiger partial charge in [0.2, 0.25) is 11.9 Å². The van der Waals surface area contributed by atoms with Gasteiger partial charge in [0, 0.05) is 30.5 Å². The van der Waals surface area contributed by atoms with E-state index in [4.69, 9.17) is 14.2 Å². The minimum Gasteiger partial charge on any atom is -0.494 e. The molecule has 0 atom stereocenters. The Kier molecular flexibility index (Phi) is 5.76. The number of hydrogen-bond donors (Lipinski definition) is 1. The number of hydrogen-bond acceptors (Lipinski definition) is 8. The first-order valence-corrected chi connectivity index (χ1v) is 11.5. The van der Waals surface area contributed by atoms with E-state index in [1.165, 1.54) is 11.8 Å². The summed E-state index contributed by atoms with van der Waals surface area (Å²) in [6.07, 6.45) is 0. The second-order valence-corrected chi connectivity index (χ2v) is 8.15. The van der Waals surface area contributed by atoms with E-state index >= 15 is 0 Å². The summed E-state index contributed by atoms with van der Waals surface area (Å²) in [5, 5.41) is 12.3. The molecule has 2 aliphatic rings. The highest BCUT2D eigenvalue weighted by atomic mass is 32.2. The highest BCUT2D eigenvalue weighted by Gasteiger charge is 2.26. The van der Waals surface area contributed by atoms with Crippen molar-refractivity contribution in [1.82, 2.24) is 14.8 Å². The average Bonchev–Trinajstić information content (AvgIpc) is 3.41.